The third-order valence-corrected chi connectivity index (χ3v) is 3.20. The average molecular weight is 278 g/mol. The molecule has 3 aromatic rings. The molecule has 2 N–H and O–H groups in total. The van der Waals surface area contributed by atoms with E-state index in [1.165, 1.54) is 18.2 Å². The zero-order valence-electron chi connectivity index (χ0n) is 11.0. The highest BCUT2D eigenvalue weighted by Crippen LogP contribution is 2.34. The number of rotatable bonds is 2. The Hall–Kier alpha value is -3.06. The second kappa shape index (κ2) is 5.14. The molecule has 0 saturated carbocycles. The lowest BCUT2D eigenvalue weighted by molar-refractivity contribution is 0.488. The fourth-order valence-corrected chi connectivity index (χ4v) is 2.19. The van der Waals surface area contributed by atoms with Crippen LogP contribution < -0.4 is 10.5 Å². The van der Waals surface area contributed by atoms with Crippen LogP contribution in [0.2, 0.25) is 0 Å². The van der Waals surface area contributed by atoms with Gasteiger partial charge >= 0.3 is 0 Å². The van der Waals surface area contributed by atoms with Gasteiger partial charge in [0.25, 0.3) is 0 Å². The molecule has 0 radical (unpaired) electrons. The van der Waals surface area contributed by atoms with Gasteiger partial charge in [-0.25, -0.2) is 4.39 Å². The molecular formula is C17H11FN2O. The molecule has 0 aliphatic rings. The second-order valence-corrected chi connectivity index (χ2v) is 4.55. The van der Waals surface area contributed by atoms with Gasteiger partial charge in [-0.15, -0.1) is 0 Å². The summed E-state index contributed by atoms with van der Waals surface area (Å²) in [6, 6.07) is 17.0. The minimum absolute atomic E-state index is 0.225. The monoisotopic (exact) mass is 278 g/mol. The van der Waals surface area contributed by atoms with Crippen LogP contribution in [0.1, 0.15) is 5.56 Å². The lowest BCUT2D eigenvalue weighted by Crippen LogP contribution is -1.94. The SMILES string of the molecule is N#Cc1ccc(Oc2ccc(F)cc2N)c2ccccc12. The molecule has 0 spiro atoms. The van der Waals surface area contributed by atoms with Crippen molar-refractivity contribution in [2.45, 2.75) is 0 Å². The van der Waals surface area contributed by atoms with Crippen LogP contribution in [0.15, 0.2) is 54.6 Å². The summed E-state index contributed by atoms with van der Waals surface area (Å²) >= 11 is 0. The minimum Gasteiger partial charge on any atom is -0.455 e. The largest absolute Gasteiger partial charge is 0.455 e. The first-order valence-corrected chi connectivity index (χ1v) is 6.34. The molecule has 3 rings (SSSR count). The van der Waals surface area contributed by atoms with Gasteiger partial charge in [0.15, 0.2) is 5.75 Å². The van der Waals surface area contributed by atoms with E-state index in [1.54, 1.807) is 12.1 Å². The number of anilines is 1. The van der Waals surface area contributed by atoms with Crippen molar-refractivity contribution >= 4 is 16.5 Å². The first-order valence-electron chi connectivity index (χ1n) is 6.34. The Morgan fingerprint density at radius 1 is 0.952 bits per heavy atom. The zero-order chi connectivity index (χ0) is 14.8. The number of nitrogen functional groups attached to an aromatic ring is 1. The van der Waals surface area contributed by atoms with Crippen molar-refractivity contribution in [3.8, 4) is 17.6 Å². The topological polar surface area (TPSA) is 59.0 Å². The van der Waals surface area contributed by atoms with Gasteiger partial charge in [0.1, 0.15) is 11.6 Å². The van der Waals surface area contributed by atoms with Crippen molar-refractivity contribution in [1.82, 2.24) is 0 Å². The maximum Gasteiger partial charge on any atom is 0.150 e. The molecule has 0 saturated heterocycles. The highest BCUT2D eigenvalue weighted by atomic mass is 19.1. The Bertz CT molecular complexity index is 868. The molecular weight excluding hydrogens is 267 g/mol. The quantitative estimate of drug-likeness (QED) is 0.714. The average Bonchev–Trinajstić information content (AvgIpc) is 2.50. The lowest BCUT2D eigenvalue weighted by atomic mass is 10.0. The van der Waals surface area contributed by atoms with Crippen molar-refractivity contribution < 1.29 is 9.13 Å². The van der Waals surface area contributed by atoms with Gasteiger partial charge in [0.05, 0.1) is 17.3 Å². The van der Waals surface area contributed by atoms with Gasteiger partial charge in [-0.3, -0.25) is 0 Å². The molecule has 0 amide bonds. The van der Waals surface area contributed by atoms with Gasteiger partial charge in [-0.1, -0.05) is 24.3 Å². The highest BCUT2D eigenvalue weighted by Gasteiger charge is 2.09. The van der Waals surface area contributed by atoms with E-state index in [1.807, 2.05) is 24.3 Å². The van der Waals surface area contributed by atoms with E-state index in [0.29, 0.717) is 17.1 Å². The normalized spacial score (nSPS) is 10.3. The lowest BCUT2D eigenvalue weighted by Gasteiger charge is -2.11. The van der Waals surface area contributed by atoms with Crippen LogP contribution in [0.4, 0.5) is 10.1 Å². The molecule has 4 heteroatoms. The number of nitrogens with two attached hydrogens (primary N) is 1. The first kappa shape index (κ1) is 12.9. The molecule has 0 unspecified atom stereocenters. The number of benzene rings is 3. The van der Waals surface area contributed by atoms with Crippen molar-refractivity contribution in [1.29, 1.82) is 5.26 Å². The minimum atomic E-state index is -0.412. The fourth-order valence-electron chi connectivity index (χ4n) is 2.19. The molecule has 3 aromatic carbocycles. The van der Waals surface area contributed by atoms with Crippen molar-refractivity contribution in [2.75, 3.05) is 5.73 Å². The summed E-state index contributed by atoms with van der Waals surface area (Å²) in [4.78, 5) is 0. The van der Waals surface area contributed by atoms with Gasteiger partial charge < -0.3 is 10.5 Å². The summed E-state index contributed by atoms with van der Waals surface area (Å²) in [5, 5.41) is 10.7. The number of nitriles is 1. The number of nitrogens with zero attached hydrogens (tertiary/aromatic N) is 1. The van der Waals surface area contributed by atoms with E-state index in [2.05, 4.69) is 6.07 Å². The first-order chi connectivity index (χ1) is 10.2. The van der Waals surface area contributed by atoms with Crippen LogP contribution in [0.25, 0.3) is 10.8 Å². The van der Waals surface area contributed by atoms with E-state index in [4.69, 9.17) is 15.7 Å². The van der Waals surface area contributed by atoms with Crippen LogP contribution in [0.5, 0.6) is 11.5 Å². The molecule has 0 heterocycles. The molecule has 0 fully saturated rings. The summed E-state index contributed by atoms with van der Waals surface area (Å²) in [5.74, 6) is 0.540. The van der Waals surface area contributed by atoms with Gasteiger partial charge in [-0.05, 0) is 24.3 Å². The summed E-state index contributed by atoms with van der Waals surface area (Å²) in [5.41, 5.74) is 6.55. The number of hydrogen-bond donors (Lipinski definition) is 1. The molecule has 0 aliphatic heterocycles. The van der Waals surface area contributed by atoms with E-state index < -0.39 is 5.82 Å². The number of hydrogen-bond acceptors (Lipinski definition) is 3. The molecule has 3 nitrogen and oxygen atoms in total. The summed E-state index contributed by atoms with van der Waals surface area (Å²) in [6.45, 7) is 0. The standard InChI is InChI=1S/C17H11FN2O/c18-12-6-8-17(15(20)9-12)21-16-7-5-11(10-19)13-3-1-2-4-14(13)16/h1-9H,20H2. The summed E-state index contributed by atoms with van der Waals surface area (Å²) in [6.07, 6.45) is 0. The van der Waals surface area contributed by atoms with Gasteiger partial charge in [-0.2, -0.15) is 5.26 Å². The molecule has 0 bridgehead atoms. The number of ether oxygens (including phenoxy) is 1. The zero-order valence-corrected chi connectivity index (χ0v) is 11.0. The van der Waals surface area contributed by atoms with Crippen LogP contribution in [0, 0.1) is 17.1 Å². The Balaban J connectivity index is 2.12. The molecule has 102 valence electrons. The molecule has 21 heavy (non-hydrogen) atoms. The van der Waals surface area contributed by atoms with Crippen molar-refractivity contribution in [3.05, 3.63) is 66.0 Å². The van der Waals surface area contributed by atoms with E-state index >= 15 is 0 Å². The predicted molar refractivity (Wildman–Crippen MR) is 79.5 cm³/mol. The molecule has 0 aliphatic carbocycles. The summed E-state index contributed by atoms with van der Waals surface area (Å²) in [7, 11) is 0. The Kier molecular flexibility index (Phi) is 3.17. The van der Waals surface area contributed by atoms with Gasteiger partial charge in [0.2, 0.25) is 0 Å². The third-order valence-electron chi connectivity index (χ3n) is 3.20. The number of halogens is 1. The molecule has 0 aromatic heterocycles. The second-order valence-electron chi connectivity index (χ2n) is 4.55. The van der Waals surface area contributed by atoms with Crippen LogP contribution in [-0.2, 0) is 0 Å². The van der Waals surface area contributed by atoms with Crippen molar-refractivity contribution in [3.63, 3.8) is 0 Å². The van der Waals surface area contributed by atoms with E-state index in [-0.39, 0.29) is 5.69 Å². The van der Waals surface area contributed by atoms with Crippen LogP contribution in [0.3, 0.4) is 0 Å². The molecule has 0 atom stereocenters. The maximum atomic E-state index is 13.1. The Morgan fingerprint density at radius 3 is 2.38 bits per heavy atom. The summed E-state index contributed by atoms with van der Waals surface area (Å²) < 4.78 is 18.8. The highest BCUT2D eigenvalue weighted by molar-refractivity contribution is 5.93. The van der Waals surface area contributed by atoms with E-state index in [9.17, 15) is 4.39 Å². The predicted octanol–water partition coefficient (Wildman–Crippen LogP) is 4.23. The Morgan fingerprint density at radius 2 is 1.67 bits per heavy atom. The Labute approximate surface area is 121 Å². The van der Waals surface area contributed by atoms with Crippen LogP contribution >= 0.6 is 0 Å². The van der Waals surface area contributed by atoms with E-state index in [0.717, 1.165) is 10.8 Å². The smallest absolute Gasteiger partial charge is 0.150 e. The fraction of sp³-hybridized carbons (Fsp3) is 0. The van der Waals surface area contributed by atoms with Gasteiger partial charge in [0, 0.05) is 16.8 Å². The number of fused-ring (bicyclic) bond motifs is 1. The van der Waals surface area contributed by atoms with Crippen LogP contribution in [-0.4, -0.2) is 0 Å². The maximum absolute atomic E-state index is 13.1. The van der Waals surface area contributed by atoms with Crippen molar-refractivity contribution in [2.24, 2.45) is 0 Å². The third kappa shape index (κ3) is 2.37.